The van der Waals surface area contributed by atoms with Crippen LogP contribution in [0, 0.1) is 30.2 Å². The van der Waals surface area contributed by atoms with Crippen LogP contribution in [-0.2, 0) is 13.0 Å². The van der Waals surface area contributed by atoms with Gasteiger partial charge in [-0.15, -0.1) is 35.3 Å². The van der Waals surface area contributed by atoms with E-state index < -0.39 is 35.4 Å². The SMILES string of the molecule is CN=C(NCc1c(F)c(F)cc(F)c1F)NC(C)Cc1ccc(C)s1.I. The summed E-state index contributed by atoms with van der Waals surface area (Å²) in [6.07, 6.45) is 0.747. The fourth-order valence-corrected chi connectivity index (χ4v) is 3.34. The zero-order valence-corrected chi connectivity index (χ0v) is 17.6. The van der Waals surface area contributed by atoms with Crippen LogP contribution in [0.2, 0.25) is 0 Å². The van der Waals surface area contributed by atoms with E-state index in [0.29, 0.717) is 0 Å². The van der Waals surface area contributed by atoms with Gasteiger partial charge in [0, 0.05) is 47.4 Å². The number of guanidine groups is 1. The Hall–Kier alpha value is -1.36. The number of halogens is 5. The number of hydrogen-bond donors (Lipinski definition) is 2. The highest BCUT2D eigenvalue weighted by Gasteiger charge is 2.19. The van der Waals surface area contributed by atoms with Crippen LogP contribution >= 0.6 is 35.3 Å². The smallest absolute Gasteiger partial charge is 0.191 e. The van der Waals surface area contributed by atoms with Crippen LogP contribution in [0.3, 0.4) is 0 Å². The number of thiophene rings is 1. The zero-order chi connectivity index (χ0) is 18.6. The summed E-state index contributed by atoms with van der Waals surface area (Å²) in [6.45, 7) is 3.52. The molecule has 2 N–H and O–H groups in total. The van der Waals surface area contributed by atoms with Crippen molar-refractivity contribution in [1.82, 2.24) is 10.6 Å². The molecule has 1 atom stereocenters. The van der Waals surface area contributed by atoms with Crippen molar-refractivity contribution in [3.63, 3.8) is 0 Å². The van der Waals surface area contributed by atoms with Crippen LogP contribution in [0.5, 0.6) is 0 Å². The third-order valence-corrected chi connectivity index (χ3v) is 4.57. The number of nitrogens with zero attached hydrogens (tertiary/aromatic N) is 1. The molecule has 1 aromatic carbocycles. The molecule has 0 aliphatic heterocycles. The van der Waals surface area contributed by atoms with E-state index in [2.05, 4.69) is 15.6 Å². The van der Waals surface area contributed by atoms with Crippen molar-refractivity contribution in [3.05, 3.63) is 56.8 Å². The summed E-state index contributed by atoms with van der Waals surface area (Å²) in [6, 6.07) is 4.26. The Morgan fingerprint density at radius 1 is 1.15 bits per heavy atom. The van der Waals surface area contributed by atoms with Crippen LogP contribution in [0.15, 0.2) is 23.2 Å². The second-order valence-electron chi connectivity index (χ2n) is 5.63. The van der Waals surface area contributed by atoms with E-state index in [1.165, 1.54) is 16.8 Å². The number of nitrogens with one attached hydrogen (secondary N) is 2. The first-order valence-electron chi connectivity index (χ1n) is 7.66. The van der Waals surface area contributed by atoms with E-state index in [1.807, 2.05) is 26.0 Å². The molecule has 0 saturated carbocycles. The molecule has 0 aliphatic rings. The molecule has 0 amide bonds. The quantitative estimate of drug-likeness (QED) is 0.208. The lowest BCUT2D eigenvalue weighted by atomic mass is 10.1. The van der Waals surface area contributed by atoms with Crippen LogP contribution in [0.25, 0.3) is 0 Å². The maximum absolute atomic E-state index is 13.7. The number of aliphatic imine (C=N–C) groups is 1. The summed E-state index contributed by atoms with van der Waals surface area (Å²) >= 11 is 1.69. The van der Waals surface area contributed by atoms with Gasteiger partial charge in [-0.2, -0.15) is 0 Å². The Bertz CT molecular complexity index is 753. The summed E-state index contributed by atoms with van der Waals surface area (Å²) in [5.74, 6) is -5.41. The van der Waals surface area contributed by atoms with Crippen molar-refractivity contribution in [1.29, 1.82) is 0 Å². The average Bonchev–Trinajstić information content (AvgIpc) is 2.96. The minimum absolute atomic E-state index is 0. The predicted molar refractivity (Wildman–Crippen MR) is 107 cm³/mol. The van der Waals surface area contributed by atoms with Gasteiger partial charge in [-0.25, -0.2) is 17.6 Å². The van der Waals surface area contributed by atoms with Crippen molar-refractivity contribution in [2.75, 3.05) is 7.05 Å². The van der Waals surface area contributed by atoms with Crippen molar-refractivity contribution in [2.45, 2.75) is 32.9 Å². The highest BCUT2D eigenvalue weighted by Crippen LogP contribution is 2.19. The minimum Gasteiger partial charge on any atom is -0.354 e. The molecule has 1 unspecified atom stereocenters. The topological polar surface area (TPSA) is 36.4 Å². The molecule has 2 aromatic rings. The third-order valence-electron chi connectivity index (χ3n) is 3.55. The normalized spacial score (nSPS) is 12.5. The van der Waals surface area contributed by atoms with Crippen LogP contribution in [0.4, 0.5) is 17.6 Å². The van der Waals surface area contributed by atoms with Gasteiger partial charge in [0.1, 0.15) is 0 Å². The van der Waals surface area contributed by atoms with Gasteiger partial charge in [0.2, 0.25) is 0 Å². The standard InChI is InChI=1S/C17H19F4N3S.HI/c1-9(6-11-5-4-10(2)25-11)24-17(22-3)23-8-12-15(20)13(18)7-14(19)16(12)21;/h4-5,7,9H,6,8H2,1-3H3,(H2,22,23,24);1H. The molecule has 9 heteroatoms. The summed E-state index contributed by atoms with van der Waals surface area (Å²) in [5.41, 5.74) is -0.706. The number of benzene rings is 1. The first-order chi connectivity index (χ1) is 11.8. The van der Waals surface area contributed by atoms with E-state index in [0.717, 1.165) is 6.42 Å². The molecule has 2 rings (SSSR count). The molecule has 0 fully saturated rings. The molecule has 1 heterocycles. The molecular formula is C17H20F4IN3S. The van der Waals surface area contributed by atoms with Gasteiger partial charge in [0.05, 0.1) is 0 Å². The molecule has 0 spiro atoms. The summed E-state index contributed by atoms with van der Waals surface area (Å²) < 4.78 is 53.8. The summed E-state index contributed by atoms with van der Waals surface area (Å²) in [4.78, 5) is 6.36. The molecular weight excluding hydrogens is 481 g/mol. The molecule has 0 saturated heterocycles. The van der Waals surface area contributed by atoms with E-state index in [1.54, 1.807) is 11.3 Å². The van der Waals surface area contributed by atoms with Crippen molar-refractivity contribution < 1.29 is 17.6 Å². The molecule has 0 aliphatic carbocycles. The van der Waals surface area contributed by atoms with Crippen molar-refractivity contribution in [2.24, 2.45) is 4.99 Å². The molecule has 3 nitrogen and oxygen atoms in total. The first kappa shape index (κ1) is 22.7. The Labute approximate surface area is 170 Å². The Morgan fingerprint density at radius 3 is 2.27 bits per heavy atom. The summed E-state index contributed by atoms with van der Waals surface area (Å²) in [5, 5.41) is 5.75. The lowest BCUT2D eigenvalue weighted by Crippen LogP contribution is -2.42. The zero-order valence-electron chi connectivity index (χ0n) is 14.5. The molecule has 144 valence electrons. The van der Waals surface area contributed by atoms with Gasteiger partial charge >= 0.3 is 0 Å². The van der Waals surface area contributed by atoms with Crippen LogP contribution in [-0.4, -0.2) is 19.0 Å². The van der Waals surface area contributed by atoms with Gasteiger partial charge in [-0.05, 0) is 26.0 Å². The maximum atomic E-state index is 13.7. The van der Waals surface area contributed by atoms with Crippen molar-refractivity contribution >= 4 is 41.3 Å². The number of aryl methyl sites for hydroxylation is 1. The Morgan fingerprint density at radius 2 is 1.77 bits per heavy atom. The second-order valence-corrected chi connectivity index (χ2v) is 7.01. The Balaban J connectivity index is 0.00000338. The lowest BCUT2D eigenvalue weighted by molar-refractivity contribution is 0.436. The molecule has 1 aromatic heterocycles. The molecule has 0 radical (unpaired) electrons. The van der Waals surface area contributed by atoms with Crippen LogP contribution < -0.4 is 10.6 Å². The third kappa shape index (κ3) is 5.83. The van der Waals surface area contributed by atoms with Crippen LogP contribution in [0.1, 0.15) is 22.2 Å². The fourth-order valence-electron chi connectivity index (χ4n) is 2.33. The monoisotopic (exact) mass is 501 g/mol. The largest absolute Gasteiger partial charge is 0.354 e. The van der Waals surface area contributed by atoms with Gasteiger partial charge in [0.25, 0.3) is 0 Å². The van der Waals surface area contributed by atoms with Gasteiger partial charge in [-0.1, -0.05) is 0 Å². The first-order valence-corrected chi connectivity index (χ1v) is 8.47. The molecule has 0 bridgehead atoms. The lowest BCUT2D eigenvalue weighted by Gasteiger charge is -2.18. The van der Waals surface area contributed by atoms with Gasteiger partial charge in [0.15, 0.2) is 29.2 Å². The number of hydrogen-bond acceptors (Lipinski definition) is 2. The predicted octanol–water partition coefficient (Wildman–Crippen LogP) is 4.53. The number of rotatable bonds is 5. The fraction of sp³-hybridized carbons (Fsp3) is 0.353. The maximum Gasteiger partial charge on any atom is 0.191 e. The minimum atomic E-state index is -1.43. The van der Waals surface area contributed by atoms with Gasteiger partial charge < -0.3 is 10.6 Å². The van der Waals surface area contributed by atoms with E-state index in [-0.39, 0.29) is 42.0 Å². The van der Waals surface area contributed by atoms with Crippen molar-refractivity contribution in [3.8, 4) is 0 Å². The highest BCUT2D eigenvalue weighted by atomic mass is 127. The van der Waals surface area contributed by atoms with E-state index in [9.17, 15) is 17.6 Å². The average molecular weight is 501 g/mol. The highest BCUT2D eigenvalue weighted by molar-refractivity contribution is 14.0. The van der Waals surface area contributed by atoms with E-state index >= 15 is 0 Å². The molecule has 26 heavy (non-hydrogen) atoms. The van der Waals surface area contributed by atoms with E-state index in [4.69, 9.17) is 0 Å². The Kier molecular flexibility index (Phi) is 8.81. The van der Waals surface area contributed by atoms with Gasteiger partial charge in [-0.3, -0.25) is 4.99 Å². The second kappa shape index (κ2) is 10.1. The summed E-state index contributed by atoms with van der Waals surface area (Å²) in [7, 11) is 1.50.